The summed E-state index contributed by atoms with van der Waals surface area (Å²) in [5, 5.41) is 0.754. The van der Waals surface area contributed by atoms with Crippen molar-refractivity contribution in [3.8, 4) is 12.3 Å². The summed E-state index contributed by atoms with van der Waals surface area (Å²) in [5.74, 6) is 2.68. The molecule has 1 aliphatic heterocycles. The largest absolute Gasteiger partial charge is 0.123 e. The molecule has 1 aromatic carbocycles. The molecule has 0 spiro atoms. The van der Waals surface area contributed by atoms with E-state index in [0.29, 0.717) is 0 Å². The lowest BCUT2D eigenvalue weighted by molar-refractivity contribution is 0.780. The van der Waals surface area contributed by atoms with Gasteiger partial charge >= 0.3 is 0 Å². The Morgan fingerprint density at radius 2 is 2.38 bits per heavy atom. The van der Waals surface area contributed by atoms with Crippen LogP contribution >= 0.6 is 11.8 Å². The molecule has 0 fully saturated rings. The minimum atomic E-state index is 0.754. The molecular formula is C12H12S. The van der Waals surface area contributed by atoms with E-state index in [0.717, 1.165) is 10.8 Å². The average Bonchev–Trinajstić information content (AvgIpc) is 2.17. The van der Waals surface area contributed by atoms with Gasteiger partial charge < -0.3 is 0 Å². The van der Waals surface area contributed by atoms with Gasteiger partial charge in [-0.1, -0.05) is 12.8 Å². The predicted molar refractivity (Wildman–Crippen MR) is 58.0 cm³/mol. The lowest BCUT2D eigenvalue weighted by Crippen LogP contribution is -2.06. The zero-order valence-electron chi connectivity index (χ0n) is 7.71. The van der Waals surface area contributed by atoms with Crippen molar-refractivity contribution in [1.29, 1.82) is 0 Å². The molecule has 1 heteroatoms. The Hall–Kier alpha value is -0.870. The lowest BCUT2D eigenvalue weighted by Gasteiger charge is -2.20. The molecule has 1 aromatic rings. The number of aryl methyl sites for hydroxylation is 1. The second kappa shape index (κ2) is 3.47. The van der Waals surface area contributed by atoms with Crippen molar-refractivity contribution in [2.45, 2.75) is 29.9 Å². The van der Waals surface area contributed by atoms with Gasteiger partial charge in [0, 0.05) is 15.7 Å². The van der Waals surface area contributed by atoms with Crippen LogP contribution in [0.3, 0.4) is 0 Å². The van der Waals surface area contributed by atoms with E-state index in [9.17, 15) is 0 Å². The fraction of sp³-hybridized carbons (Fsp3) is 0.333. The molecule has 66 valence electrons. The molecule has 2 rings (SSSR count). The quantitative estimate of drug-likeness (QED) is 0.564. The highest BCUT2D eigenvalue weighted by Crippen LogP contribution is 2.35. The maximum absolute atomic E-state index is 5.35. The van der Waals surface area contributed by atoms with Crippen molar-refractivity contribution in [2.24, 2.45) is 0 Å². The van der Waals surface area contributed by atoms with Crippen LogP contribution in [0.4, 0.5) is 0 Å². The molecule has 1 unspecified atom stereocenters. The van der Waals surface area contributed by atoms with Crippen molar-refractivity contribution >= 4 is 11.8 Å². The molecule has 1 aliphatic rings. The van der Waals surface area contributed by atoms with Crippen LogP contribution in [-0.2, 0) is 6.42 Å². The number of terminal acetylenes is 1. The first-order valence-electron chi connectivity index (χ1n) is 4.56. The summed E-state index contributed by atoms with van der Waals surface area (Å²) in [6, 6.07) is 6.34. The number of thioether (sulfide) groups is 1. The summed E-state index contributed by atoms with van der Waals surface area (Å²) in [7, 11) is 0. The van der Waals surface area contributed by atoms with E-state index in [1.54, 1.807) is 0 Å². The molecule has 0 radical (unpaired) electrons. The molecule has 0 saturated heterocycles. The molecule has 0 bridgehead atoms. The third-order valence-corrected chi connectivity index (χ3v) is 3.67. The lowest BCUT2D eigenvalue weighted by atomic mass is 10.0. The zero-order valence-corrected chi connectivity index (χ0v) is 8.53. The van der Waals surface area contributed by atoms with Gasteiger partial charge in [0.1, 0.15) is 0 Å². The number of hydrogen-bond donors (Lipinski definition) is 0. The highest BCUT2D eigenvalue weighted by Gasteiger charge is 2.15. The summed E-state index contributed by atoms with van der Waals surface area (Å²) in [4.78, 5) is 1.41. The number of benzene rings is 1. The summed E-state index contributed by atoms with van der Waals surface area (Å²) in [5.41, 5.74) is 2.44. The van der Waals surface area contributed by atoms with E-state index in [-0.39, 0.29) is 0 Å². The Bertz CT molecular complexity index is 360. The Balaban J connectivity index is 2.38. The molecule has 0 aliphatic carbocycles. The van der Waals surface area contributed by atoms with Crippen LogP contribution < -0.4 is 0 Å². The molecular weight excluding hydrogens is 176 g/mol. The summed E-state index contributed by atoms with van der Waals surface area (Å²) < 4.78 is 0. The van der Waals surface area contributed by atoms with Crippen molar-refractivity contribution in [3.63, 3.8) is 0 Å². The van der Waals surface area contributed by atoms with Crippen LogP contribution in [0, 0.1) is 12.3 Å². The average molecular weight is 188 g/mol. The maximum atomic E-state index is 5.35. The predicted octanol–water partition coefficient (Wildman–Crippen LogP) is 3.09. The minimum Gasteiger partial charge on any atom is -0.123 e. The second-order valence-electron chi connectivity index (χ2n) is 3.43. The van der Waals surface area contributed by atoms with E-state index >= 15 is 0 Å². The van der Waals surface area contributed by atoms with E-state index in [1.165, 1.54) is 23.3 Å². The molecule has 13 heavy (non-hydrogen) atoms. The highest BCUT2D eigenvalue weighted by molar-refractivity contribution is 8.00. The first-order chi connectivity index (χ1) is 6.29. The van der Waals surface area contributed by atoms with Gasteiger partial charge in [-0.2, -0.15) is 0 Å². The van der Waals surface area contributed by atoms with Crippen molar-refractivity contribution in [2.75, 3.05) is 0 Å². The van der Waals surface area contributed by atoms with Gasteiger partial charge in [-0.15, -0.1) is 18.2 Å². The van der Waals surface area contributed by atoms with E-state index < -0.39 is 0 Å². The monoisotopic (exact) mass is 188 g/mol. The molecule has 0 nitrogen and oxygen atoms in total. The number of rotatable bonds is 0. The van der Waals surface area contributed by atoms with Gasteiger partial charge in [0.05, 0.1) is 0 Å². The Labute approximate surface area is 83.7 Å². The molecule has 0 N–H and O–H groups in total. The standard InChI is InChI=1S/C12H12S/c1-3-10-5-7-12-11(8-10)6-4-9(2)13-12/h1,5,7-9H,4,6H2,2H3. The van der Waals surface area contributed by atoms with Crippen LogP contribution in [0.15, 0.2) is 23.1 Å². The van der Waals surface area contributed by atoms with Gasteiger partial charge in [-0.3, -0.25) is 0 Å². The van der Waals surface area contributed by atoms with Crippen LogP contribution in [0.25, 0.3) is 0 Å². The summed E-state index contributed by atoms with van der Waals surface area (Å²) in [6.45, 7) is 2.28. The Morgan fingerprint density at radius 1 is 1.54 bits per heavy atom. The topological polar surface area (TPSA) is 0 Å². The van der Waals surface area contributed by atoms with Crippen LogP contribution in [-0.4, -0.2) is 5.25 Å². The van der Waals surface area contributed by atoms with E-state index in [1.807, 2.05) is 17.8 Å². The molecule has 0 aromatic heterocycles. The first-order valence-corrected chi connectivity index (χ1v) is 5.44. The summed E-state index contributed by atoms with van der Waals surface area (Å²) in [6.07, 6.45) is 7.80. The molecule has 1 heterocycles. The third-order valence-electron chi connectivity index (χ3n) is 2.38. The fourth-order valence-electron chi connectivity index (χ4n) is 1.61. The number of fused-ring (bicyclic) bond motifs is 1. The first kappa shape index (κ1) is 8.72. The fourth-order valence-corrected chi connectivity index (χ4v) is 2.74. The van der Waals surface area contributed by atoms with Crippen molar-refractivity contribution < 1.29 is 0 Å². The maximum Gasteiger partial charge on any atom is 0.0246 e. The van der Waals surface area contributed by atoms with Gasteiger partial charge in [-0.25, -0.2) is 0 Å². The van der Waals surface area contributed by atoms with E-state index in [2.05, 4.69) is 25.0 Å². The van der Waals surface area contributed by atoms with Gasteiger partial charge in [0.15, 0.2) is 0 Å². The van der Waals surface area contributed by atoms with Crippen LogP contribution in [0.2, 0.25) is 0 Å². The van der Waals surface area contributed by atoms with Gasteiger partial charge in [0.2, 0.25) is 0 Å². The smallest absolute Gasteiger partial charge is 0.0246 e. The van der Waals surface area contributed by atoms with E-state index in [4.69, 9.17) is 6.42 Å². The van der Waals surface area contributed by atoms with Crippen molar-refractivity contribution in [3.05, 3.63) is 29.3 Å². The Kier molecular flexibility index (Phi) is 2.33. The van der Waals surface area contributed by atoms with Crippen LogP contribution in [0.5, 0.6) is 0 Å². The normalized spacial score (nSPS) is 20.5. The minimum absolute atomic E-state index is 0.754. The molecule has 0 saturated carbocycles. The Morgan fingerprint density at radius 3 is 3.15 bits per heavy atom. The highest BCUT2D eigenvalue weighted by atomic mass is 32.2. The molecule has 0 amide bonds. The van der Waals surface area contributed by atoms with Gasteiger partial charge in [0.25, 0.3) is 0 Å². The third kappa shape index (κ3) is 1.73. The molecule has 1 atom stereocenters. The summed E-state index contributed by atoms with van der Waals surface area (Å²) >= 11 is 1.96. The SMILES string of the molecule is C#Cc1ccc2c(c1)CCC(C)S2. The van der Waals surface area contributed by atoms with Crippen LogP contribution in [0.1, 0.15) is 24.5 Å². The van der Waals surface area contributed by atoms with Crippen molar-refractivity contribution in [1.82, 2.24) is 0 Å². The zero-order chi connectivity index (χ0) is 9.26. The van der Waals surface area contributed by atoms with Gasteiger partial charge in [-0.05, 0) is 36.6 Å². The number of hydrogen-bond acceptors (Lipinski definition) is 1. The second-order valence-corrected chi connectivity index (χ2v) is 4.91.